The first-order valence-electron chi connectivity index (χ1n) is 8.49. The third-order valence-electron chi connectivity index (χ3n) is 4.05. The van der Waals surface area contributed by atoms with E-state index in [0.29, 0.717) is 10.8 Å². The summed E-state index contributed by atoms with van der Waals surface area (Å²) >= 11 is 13.2. The van der Waals surface area contributed by atoms with Gasteiger partial charge < -0.3 is 10.1 Å². The molecule has 0 atom stereocenters. The van der Waals surface area contributed by atoms with Crippen LogP contribution < -0.4 is 10.1 Å². The molecule has 2 rings (SSSR count). The Bertz CT molecular complexity index is 809. The second-order valence-electron chi connectivity index (χ2n) is 6.20. The molecule has 0 aliphatic heterocycles. The number of benzene rings is 2. The van der Waals surface area contributed by atoms with Crippen molar-refractivity contribution in [2.75, 3.05) is 11.9 Å². The summed E-state index contributed by atoms with van der Waals surface area (Å²) in [6, 6.07) is 7.83. The molecule has 0 radical (unpaired) electrons. The summed E-state index contributed by atoms with van der Waals surface area (Å²) < 4.78 is 7.31. The second kappa shape index (κ2) is 9.77. The zero-order valence-corrected chi connectivity index (χ0v) is 19.0. The molecule has 0 aliphatic rings. The van der Waals surface area contributed by atoms with Gasteiger partial charge in [-0.3, -0.25) is 4.79 Å². The van der Waals surface area contributed by atoms with Crippen LogP contribution in [0.2, 0.25) is 5.02 Å². The molecular formula is C20H22Br2ClNO2. The second-order valence-corrected chi connectivity index (χ2v) is 8.22. The van der Waals surface area contributed by atoms with Crippen molar-refractivity contribution in [2.24, 2.45) is 0 Å². The number of carbonyl (C=O) groups excluding carboxylic acids is 1. The van der Waals surface area contributed by atoms with Crippen LogP contribution in [0.1, 0.15) is 36.5 Å². The molecule has 0 unspecified atom stereocenters. The van der Waals surface area contributed by atoms with Crippen molar-refractivity contribution in [3.8, 4) is 5.75 Å². The summed E-state index contributed by atoms with van der Waals surface area (Å²) in [6.45, 7) is 5.91. The minimum atomic E-state index is -0.218. The number of hydrogen-bond donors (Lipinski definition) is 1. The van der Waals surface area contributed by atoms with Crippen LogP contribution in [-0.2, 0) is 11.2 Å². The SMILES string of the molecule is CCCCc1ccc(NC(=O)COc2cc(C)c(Cl)c(C)c2Br)c(Br)c1. The summed E-state index contributed by atoms with van der Waals surface area (Å²) in [5, 5.41) is 3.57. The summed E-state index contributed by atoms with van der Waals surface area (Å²) in [5.74, 6) is 0.387. The predicted molar refractivity (Wildman–Crippen MR) is 116 cm³/mol. The van der Waals surface area contributed by atoms with E-state index in [1.807, 2.05) is 32.0 Å². The van der Waals surface area contributed by atoms with Crippen LogP contribution in [0.4, 0.5) is 5.69 Å². The minimum Gasteiger partial charge on any atom is -0.483 e. The van der Waals surface area contributed by atoms with Crippen molar-refractivity contribution in [3.63, 3.8) is 0 Å². The fourth-order valence-electron chi connectivity index (χ4n) is 2.53. The zero-order chi connectivity index (χ0) is 19.3. The van der Waals surface area contributed by atoms with Gasteiger partial charge in [0.05, 0.1) is 10.2 Å². The Morgan fingerprint density at radius 2 is 1.96 bits per heavy atom. The smallest absolute Gasteiger partial charge is 0.262 e. The molecule has 0 saturated heterocycles. The van der Waals surface area contributed by atoms with E-state index in [2.05, 4.69) is 50.2 Å². The maximum absolute atomic E-state index is 12.2. The topological polar surface area (TPSA) is 38.3 Å². The Labute approximate surface area is 176 Å². The normalized spacial score (nSPS) is 10.7. The first-order valence-corrected chi connectivity index (χ1v) is 10.5. The van der Waals surface area contributed by atoms with Crippen LogP contribution in [0.15, 0.2) is 33.2 Å². The average Bonchev–Trinajstić information content (AvgIpc) is 2.62. The third-order valence-corrected chi connectivity index (χ3v) is 6.28. The molecule has 3 nitrogen and oxygen atoms in total. The highest BCUT2D eigenvalue weighted by molar-refractivity contribution is 9.11. The van der Waals surface area contributed by atoms with E-state index in [0.717, 1.165) is 45.0 Å². The molecule has 6 heteroatoms. The number of anilines is 1. The number of amides is 1. The number of hydrogen-bond acceptors (Lipinski definition) is 2. The Balaban J connectivity index is 1.99. The molecule has 0 heterocycles. The third kappa shape index (κ3) is 5.48. The Kier molecular flexibility index (Phi) is 7.99. The van der Waals surface area contributed by atoms with Gasteiger partial charge >= 0.3 is 0 Å². The predicted octanol–water partition coefficient (Wildman–Crippen LogP) is 6.84. The van der Waals surface area contributed by atoms with Crippen molar-refractivity contribution in [2.45, 2.75) is 40.0 Å². The Hall–Kier alpha value is -1.04. The number of aryl methyl sites for hydroxylation is 2. The molecule has 0 aliphatic carbocycles. The summed E-state index contributed by atoms with van der Waals surface area (Å²) in [6.07, 6.45) is 3.35. The lowest BCUT2D eigenvalue weighted by Crippen LogP contribution is -2.20. The monoisotopic (exact) mass is 501 g/mol. The number of ether oxygens (including phenoxy) is 1. The number of halogens is 3. The fraction of sp³-hybridized carbons (Fsp3) is 0.350. The maximum Gasteiger partial charge on any atom is 0.262 e. The quantitative estimate of drug-likeness (QED) is 0.449. The standard InChI is InChI=1S/C20H22Br2ClNO2/c1-4-5-6-14-7-8-16(15(21)10-14)24-18(25)11-26-17-9-12(2)20(23)13(3)19(17)22/h7-10H,4-6,11H2,1-3H3,(H,24,25). The summed E-state index contributed by atoms with van der Waals surface area (Å²) in [7, 11) is 0. The van der Waals surface area contributed by atoms with Crippen LogP contribution in [-0.4, -0.2) is 12.5 Å². The first-order chi connectivity index (χ1) is 12.3. The summed E-state index contributed by atoms with van der Waals surface area (Å²) in [4.78, 5) is 12.2. The Morgan fingerprint density at radius 3 is 2.62 bits per heavy atom. The molecule has 1 amide bonds. The van der Waals surface area contributed by atoms with Crippen LogP contribution in [0, 0.1) is 13.8 Å². The van der Waals surface area contributed by atoms with Crippen molar-refractivity contribution < 1.29 is 9.53 Å². The van der Waals surface area contributed by atoms with Gasteiger partial charge in [-0.05, 0) is 93.4 Å². The highest BCUT2D eigenvalue weighted by Crippen LogP contribution is 2.35. The fourth-order valence-corrected chi connectivity index (χ4v) is 3.75. The van der Waals surface area contributed by atoms with Gasteiger partial charge in [0.1, 0.15) is 5.75 Å². The van der Waals surface area contributed by atoms with Crippen molar-refractivity contribution in [3.05, 3.63) is 54.9 Å². The molecule has 0 fully saturated rings. The molecule has 26 heavy (non-hydrogen) atoms. The molecule has 0 spiro atoms. The van der Waals surface area contributed by atoms with Crippen molar-refractivity contribution >= 4 is 55.1 Å². The van der Waals surface area contributed by atoms with E-state index < -0.39 is 0 Å². The largest absolute Gasteiger partial charge is 0.483 e. The van der Waals surface area contributed by atoms with Gasteiger partial charge in [0.25, 0.3) is 5.91 Å². The van der Waals surface area contributed by atoms with Gasteiger partial charge in [0, 0.05) is 9.50 Å². The first kappa shape index (κ1) is 21.3. The molecule has 2 aromatic rings. The molecule has 0 bridgehead atoms. The van der Waals surface area contributed by atoms with E-state index in [1.165, 1.54) is 5.56 Å². The molecule has 0 aromatic heterocycles. The highest BCUT2D eigenvalue weighted by atomic mass is 79.9. The number of unbranched alkanes of at least 4 members (excludes halogenated alkanes) is 1. The van der Waals surface area contributed by atoms with Gasteiger partial charge in [-0.25, -0.2) is 0 Å². The molecule has 2 aromatic carbocycles. The van der Waals surface area contributed by atoms with E-state index >= 15 is 0 Å². The Morgan fingerprint density at radius 1 is 1.23 bits per heavy atom. The molecular weight excluding hydrogens is 481 g/mol. The lowest BCUT2D eigenvalue weighted by Gasteiger charge is -2.14. The van der Waals surface area contributed by atoms with Crippen LogP contribution >= 0.6 is 43.5 Å². The van der Waals surface area contributed by atoms with Gasteiger partial charge in [0.2, 0.25) is 0 Å². The number of carbonyl (C=O) groups is 1. The van der Waals surface area contributed by atoms with Gasteiger partial charge in [-0.1, -0.05) is 31.0 Å². The van der Waals surface area contributed by atoms with Crippen LogP contribution in [0.5, 0.6) is 5.75 Å². The van der Waals surface area contributed by atoms with E-state index in [9.17, 15) is 4.79 Å². The van der Waals surface area contributed by atoms with Gasteiger partial charge in [-0.2, -0.15) is 0 Å². The lowest BCUT2D eigenvalue weighted by molar-refractivity contribution is -0.118. The van der Waals surface area contributed by atoms with E-state index in [1.54, 1.807) is 0 Å². The van der Waals surface area contributed by atoms with Gasteiger partial charge in [-0.15, -0.1) is 0 Å². The van der Waals surface area contributed by atoms with Crippen molar-refractivity contribution in [1.29, 1.82) is 0 Å². The van der Waals surface area contributed by atoms with E-state index in [4.69, 9.17) is 16.3 Å². The molecule has 140 valence electrons. The van der Waals surface area contributed by atoms with Crippen molar-refractivity contribution in [1.82, 2.24) is 0 Å². The maximum atomic E-state index is 12.2. The molecule has 0 saturated carbocycles. The van der Waals surface area contributed by atoms with Crippen LogP contribution in [0.3, 0.4) is 0 Å². The number of rotatable bonds is 7. The number of nitrogens with one attached hydrogen (secondary N) is 1. The summed E-state index contributed by atoms with van der Waals surface area (Å²) in [5.41, 5.74) is 3.80. The highest BCUT2D eigenvalue weighted by Gasteiger charge is 2.13. The average molecular weight is 504 g/mol. The lowest BCUT2D eigenvalue weighted by atomic mass is 10.1. The molecule has 1 N–H and O–H groups in total. The van der Waals surface area contributed by atoms with E-state index in [-0.39, 0.29) is 12.5 Å². The minimum absolute atomic E-state index is 0.0802. The van der Waals surface area contributed by atoms with Crippen LogP contribution in [0.25, 0.3) is 0 Å². The van der Waals surface area contributed by atoms with Gasteiger partial charge in [0.15, 0.2) is 6.61 Å². The zero-order valence-electron chi connectivity index (χ0n) is 15.1.